The van der Waals surface area contributed by atoms with Gasteiger partial charge in [-0.3, -0.25) is 14.4 Å². The predicted octanol–water partition coefficient (Wildman–Crippen LogP) is 3.53. The highest BCUT2D eigenvalue weighted by atomic mass is 32.2. The van der Waals surface area contributed by atoms with Gasteiger partial charge in [-0.25, -0.2) is 0 Å². The van der Waals surface area contributed by atoms with Gasteiger partial charge in [0, 0.05) is 31.9 Å². The number of aliphatic hydroxyl groups is 1. The van der Waals surface area contributed by atoms with Gasteiger partial charge in [0.2, 0.25) is 17.7 Å². The van der Waals surface area contributed by atoms with Gasteiger partial charge >= 0.3 is 0 Å². The minimum atomic E-state index is -0.727. The Bertz CT molecular complexity index is 1070. The molecule has 1 spiro atoms. The molecule has 0 aromatic heterocycles. The number of rotatable bonds is 14. The van der Waals surface area contributed by atoms with E-state index in [0.29, 0.717) is 32.5 Å². The van der Waals surface area contributed by atoms with Gasteiger partial charge in [0.25, 0.3) is 0 Å². The average Bonchev–Trinajstić information content (AvgIpc) is 3.58. The SMILES string of the molecule is C=CCN(C)C(=O)[C@@H]1[C@@H]2CCC3(S2)C(C(=O)N(CC=C)CCCCC)N([C@@H](CO)Cc2ccccc2)C(=O)[C@H]13. The third-order valence-electron chi connectivity index (χ3n) is 8.65. The summed E-state index contributed by atoms with van der Waals surface area (Å²) in [5, 5.41) is 10.6. The summed E-state index contributed by atoms with van der Waals surface area (Å²) in [7, 11) is 1.75. The van der Waals surface area contributed by atoms with Crippen molar-refractivity contribution >= 4 is 29.5 Å². The molecule has 39 heavy (non-hydrogen) atoms. The quantitative estimate of drug-likeness (QED) is 0.282. The highest BCUT2D eigenvalue weighted by Crippen LogP contribution is 2.67. The predicted molar refractivity (Wildman–Crippen MR) is 156 cm³/mol. The number of benzene rings is 1. The molecule has 8 heteroatoms. The molecule has 1 aromatic carbocycles. The first-order chi connectivity index (χ1) is 18.8. The minimum Gasteiger partial charge on any atom is -0.394 e. The number of hydrogen-bond donors (Lipinski definition) is 1. The Labute approximate surface area is 237 Å². The van der Waals surface area contributed by atoms with E-state index in [2.05, 4.69) is 20.1 Å². The fourth-order valence-corrected chi connectivity index (χ4v) is 9.09. The molecule has 3 aliphatic rings. The van der Waals surface area contributed by atoms with Crippen LogP contribution in [0.15, 0.2) is 55.6 Å². The normalized spacial score (nSPS) is 27.8. The van der Waals surface area contributed by atoms with E-state index in [4.69, 9.17) is 0 Å². The number of fused-ring (bicyclic) bond motifs is 1. The number of aliphatic hydroxyl groups excluding tert-OH is 1. The summed E-state index contributed by atoms with van der Waals surface area (Å²) in [6.07, 6.45) is 8.31. The number of unbranched alkanes of at least 4 members (excludes halogenated alkanes) is 2. The first-order valence-corrected chi connectivity index (χ1v) is 15.1. The van der Waals surface area contributed by atoms with E-state index >= 15 is 0 Å². The van der Waals surface area contributed by atoms with E-state index in [1.807, 2.05) is 35.2 Å². The van der Waals surface area contributed by atoms with E-state index in [1.165, 1.54) is 0 Å². The van der Waals surface area contributed by atoms with Crippen molar-refractivity contribution in [3.8, 4) is 0 Å². The third-order valence-corrected chi connectivity index (χ3v) is 10.6. The summed E-state index contributed by atoms with van der Waals surface area (Å²) in [6, 6.07) is 8.48. The molecule has 3 fully saturated rings. The van der Waals surface area contributed by atoms with Gasteiger partial charge in [0.05, 0.1) is 29.2 Å². The molecule has 1 aromatic rings. The highest BCUT2D eigenvalue weighted by Gasteiger charge is 2.74. The summed E-state index contributed by atoms with van der Waals surface area (Å²) in [5.41, 5.74) is 0.992. The van der Waals surface area contributed by atoms with Crippen molar-refractivity contribution in [2.45, 2.75) is 67.5 Å². The lowest BCUT2D eigenvalue weighted by atomic mass is 9.70. The van der Waals surface area contributed by atoms with Crippen molar-refractivity contribution in [1.29, 1.82) is 0 Å². The first kappa shape index (κ1) is 29.4. The smallest absolute Gasteiger partial charge is 0.247 e. The summed E-state index contributed by atoms with van der Waals surface area (Å²) in [4.78, 5) is 47.7. The van der Waals surface area contributed by atoms with Crippen LogP contribution in [0.4, 0.5) is 0 Å². The van der Waals surface area contributed by atoms with Crippen LogP contribution in [0.25, 0.3) is 0 Å². The topological polar surface area (TPSA) is 81.2 Å². The molecule has 3 aliphatic heterocycles. The lowest BCUT2D eigenvalue weighted by Crippen LogP contribution is -2.58. The van der Waals surface area contributed by atoms with Crippen molar-refractivity contribution in [3.05, 3.63) is 61.2 Å². The van der Waals surface area contributed by atoms with Crippen LogP contribution in [0.5, 0.6) is 0 Å². The number of thioether (sulfide) groups is 1. The van der Waals surface area contributed by atoms with Crippen LogP contribution in [0.3, 0.4) is 0 Å². The monoisotopic (exact) mass is 553 g/mol. The molecule has 212 valence electrons. The van der Waals surface area contributed by atoms with Gasteiger partial charge in [0.1, 0.15) is 6.04 Å². The van der Waals surface area contributed by atoms with E-state index < -0.39 is 28.7 Å². The lowest BCUT2D eigenvalue weighted by molar-refractivity contribution is -0.146. The van der Waals surface area contributed by atoms with Crippen LogP contribution >= 0.6 is 11.8 Å². The third kappa shape index (κ3) is 5.42. The number of likely N-dealkylation sites (tertiary alicyclic amines) is 1. The van der Waals surface area contributed by atoms with Crippen LogP contribution in [0.2, 0.25) is 0 Å². The van der Waals surface area contributed by atoms with E-state index in [0.717, 1.165) is 31.2 Å². The molecular formula is C31H43N3O4S. The highest BCUT2D eigenvalue weighted by molar-refractivity contribution is 8.02. The van der Waals surface area contributed by atoms with Crippen LogP contribution in [-0.4, -0.2) is 92.9 Å². The van der Waals surface area contributed by atoms with Crippen molar-refractivity contribution in [2.24, 2.45) is 11.8 Å². The van der Waals surface area contributed by atoms with Gasteiger partial charge in [0.15, 0.2) is 0 Å². The number of carbonyl (C=O) groups excluding carboxylic acids is 3. The lowest BCUT2D eigenvalue weighted by Gasteiger charge is -2.39. The minimum absolute atomic E-state index is 0.00538. The van der Waals surface area contributed by atoms with Gasteiger partial charge < -0.3 is 19.8 Å². The molecule has 0 saturated carbocycles. The summed E-state index contributed by atoms with van der Waals surface area (Å²) in [5.74, 6) is -1.38. The molecule has 4 rings (SSSR count). The maximum Gasteiger partial charge on any atom is 0.247 e. The number of amides is 3. The zero-order valence-corrected chi connectivity index (χ0v) is 24.2. The number of hydrogen-bond acceptors (Lipinski definition) is 5. The molecule has 3 heterocycles. The molecule has 3 saturated heterocycles. The Morgan fingerprint density at radius 3 is 2.54 bits per heavy atom. The maximum atomic E-state index is 14.5. The Hall–Kier alpha value is -2.58. The fourth-order valence-electron chi connectivity index (χ4n) is 6.89. The summed E-state index contributed by atoms with van der Waals surface area (Å²) in [6.45, 7) is 10.9. The summed E-state index contributed by atoms with van der Waals surface area (Å²) < 4.78 is -0.678. The molecule has 0 radical (unpaired) electrons. The van der Waals surface area contributed by atoms with Gasteiger partial charge in [-0.15, -0.1) is 24.9 Å². The second kappa shape index (κ2) is 12.7. The van der Waals surface area contributed by atoms with Crippen LogP contribution in [0, 0.1) is 11.8 Å². The van der Waals surface area contributed by atoms with Gasteiger partial charge in [-0.1, -0.05) is 62.2 Å². The molecule has 1 N–H and O–H groups in total. The zero-order chi connectivity index (χ0) is 28.2. The van der Waals surface area contributed by atoms with E-state index in [9.17, 15) is 19.5 Å². The van der Waals surface area contributed by atoms with Crippen LogP contribution in [-0.2, 0) is 20.8 Å². The Morgan fingerprint density at radius 2 is 1.90 bits per heavy atom. The van der Waals surface area contributed by atoms with Crippen molar-refractivity contribution < 1.29 is 19.5 Å². The summed E-state index contributed by atoms with van der Waals surface area (Å²) >= 11 is 1.67. The molecule has 3 amide bonds. The van der Waals surface area contributed by atoms with Crippen LogP contribution < -0.4 is 0 Å². The number of likely N-dealkylation sites (N-methyl/N-ethyl adjacent to an activating group) is 1. The molecule has 6 atom stereocenters. The molecule has 2 bridgehead atoms. The molecule has 7 nitrogen and oxygen atoms in total. The average molecular weight is 554 g/mol. The molecular weight excluding hydrogens is 510 g/mol. The van der Waals surface area contributed by atoms with E-state index in [1.54, 1.807) is 40.8 Å². The second-order valence-electron chi connectivity index (χ2n) is 11.1. The van der Waals surface area contributed by atoms with Crippen molar-refractivity contribution in [3.63, 3.8) is 0 Å². The maximum absolute atomic E-state index is 14.5. The largest absolute Gasteiger partial charge is 0.394 e. The van der Waals surface area contributed by atoms with Gasteiger partial charge in [-0.2, -0.15) is 0 Å². The first-order valence-electron chi connectivity index (χ1n) is 14.2. The zero-order valence-electron chi connectivity index (χ0n) is 23.3. The second-order valence-corrected chi connectivity index (χ2v) is 12.7. The number of nitrogens with zero attached hydrogens (tertiary/aromatic N) is 3. The van der Waals surface area contributed by atoms with Gasteiger partial charge in [-0.05, 0) is 31.2 Å². The van der Waals surface area contributed by atoms with Crippen molar-refractivity contribution in [2.75, 3.05) is 33.3 Å². The number of carbonyl (C=O) groups is 3. The Kier molecular flexibility index (Phi) is 9.60. The Balaban J connectivity index is 1.76. The van der Waals surface area contributed by atoms with Crippen LogP contribution in [0.1, 0.15) is 44.6 Å². The molecule has 2 unspecified atom stereocenters. The standard InChI is InChI=1S/C31H43N3O4S/c1-5-8-12-19-33(18-7-3)30(38)27-31-16-15-24(39-31)25(28(36)32(4)17-6-2)26(31)29(37)34(27)23(21-35)20-22-13-10-9-11-14-22/h6-7,9-11,13-14,23-27,35H,2-3,5,8,12,15-21H2,1,4H3/t23-,24+,25-,26+,27?,31?/m1/s1. The van der Waals surface area contributed by atoms with E-state index in [-0.39, 0.29) is 29.6 Å². The van der Waals surface area contributed by atoms with Crippen molar-refractivity contribution in [1.82, 2.24) is 14.7 Å². The Morgan fingerprint density at radius 1 is 1.18 bits per heavy atom. The molecule has 0 aliphatic carbocycles. The fraction of sp³-hybridized carbons (Fsp3) is 0.581.